The third-order valence-corrected chi connectivity index (χ3v) is 7.37. The number of ether oxygens (including phenoxy) is 4. The van der Waals surface area contributed by atoms with E-state index in [0.717, 1.165) is 22.3 Å². The van der Waals surface area contributed by atoms with Crippen LogP contribution >= 0.6 is 0 Å². The average Bonchev–Trinajstić information content (AvgIpc) is 3.36. The fraction of sp³-hybridized carbons (Fsp3) is 0.265. The van der Waals surface area contributed by atoms with E-state index in [2.05, 4.69) is 0 Å². The van der Waals surface area contributed by atoms with Crippen LogP contribution in [0.1, 0.15) is 22.3 Å². The van der Waals surface area contributed by atoms with Crippen molar-refractivity contribution in [1.29, 1.82) is 0 Å². The van der Waals surface area contributed by atoms with Gasteiger partial charge in [0.15, 0.2) is 0 Å². The second-order valence-electron chi connectivity index (χ2n) is 9.96. The van der Waals surface area contributed by atoms with Crippen LogP contribution < -0.4 is 0 Å². The van der Waals surface area contributed by atoms with Crippen molar-refractivity contribution in [2.75, 3.05) is 27.1 Å². The number of benzene rings is 4. The number of carbonyl (C=O) groups is 1. The molecular weight excluding hydrogens is 518 g/mol. The summed E-state index contributed by atoms with van der Waals surface area (Å²) in [6, 6.07) is 38.9. The maximum atomic E-state index is 13.4. The van der Waals surface area contributed by atoms with Crippen LogP contribution in [-0.2, 0) is 31.2 Å². The number of hydrogen-bond acceptors (Lipinski definition) is 6. The quantitative estimate of drug-likeness (QED) is 0.199. The van der Waals surface area contributed by atoms with E-state index in [1.807, 2.05) is 121 Å². The average molecular weight is 554 g/mol. The van der Waals surface area contributed by atoms with Crippen LogP contribution in [0.4, 0.5) is 4.79 Å². The molecule has 1 aliphatic heterocycles. The Morgan fingerprint density at radius 3 is 1.78 bits per heavy atom. The van der Waals surface area contributed by atoms with Gasteiger partial charge in [-0.15, -0.1) is 0 Å². The zero-order valence-corrected chi connectivity index (χ0v) is 23.0. The maximum absolute atomic E-state index is 13.4. The van der Waals surface area contributed by atoms with E-state index in [-0.39, 0.29) is 26.6 Å². The Morgan fingerprint density at radius 1 is 0.805 bits per heavy atom. The summed E-state index contributed by atoms with van der Waals surface area (Å²) >= 11 is 0. The Labute approximate surface area is 240 Å². The molecular formula is C34H35NO6. The molecule has 1 N–H and O–H groups in total. The smallest absolute Gasteiger partial charge is 0.410 e. The molecule has 1 saturated heterocycles. The highest BCUT2D eigenvalue weighted by Crippen LogP contribution is 2.41. The molecule has 1 heterocycles. The highest BCUT2D eigenvalue weighted by molar-refractivity contribution is 5.69. The lowest BCUT2D eigenvalue weighted by Gasteiger charge is -2.38. The van der Waals surface area contributed by atoms with Crippen LogP contribution in [0.3, 0.4) is 0 Å². The van der Waals surface area contributed by atoms with E-state index < -0.39 is 29.9 Å². The molecule has 0 bridgehead atoms. The highest BCUT2D eigenvalue weighted by Gasteiger charge is 2.47. The number of aliphatic hydroxyl groups is 1. The lowest BCUT2D eigenvalue weighted by atomic mass is 9.80. The van der Waals surface area contributed by atoms with Gasteiger partial charge in [-0.25, -0.2) is 4.79 Å². The molecule has 0 saturated carbocycles. The summed E-state index contributed by atoms with van der Waals surface area (Å²) in [6.07, 6.45) is -2.23. The summed E-state index contributed by atoms with van der Waals surface area (Å²) in [5.74, 6) is 0. The van der Waals surface area contributed by atoms with Crippen molar-refractivity contribution >= 4 is 6.09 Å². The molecule has 41 heavy (non-hydrogen) atoms. The first kappa shape index (κ1) is 28.5. The molecule has 5 rings (SSSR count). The molecule has 3 atom stereocenters. The predicted molar refractivity (Wildman–Crippen MR) is 155 cm³/mol. The number of aliphatic hydroxyl groups excluding tert-OH is 1. The zero-order valence-electron chi connectivity index (χ0n) is 23.0. The summed E-state index contributed by atoms with van der Waals surface area (Å²) in [5.41, 5.74) is 2.68. The van der Waals surface area contributed by atoms with Crippen molar-refractivity contribution in [3.63, 3.8) is 0 Å². The molecule has 0 aromatic heterocycles. The van der Waals surface area contributed by atoms with Gasteiger partial charge in [-0.3, -0.25) is 4.90 Å². The molecule has 7 heteroatoms. The van der Waals surface area contributed by atoms with Crippen molar-refractivity contribution in [2.45, 2.75) is 30.5 Å². The summed E-state index contributed by atoms with van der Waals surface area (Å²) < 4.78 is 23.7. The summed E-state index contributed by atoms with van der Waals surface area (Å²) in [6.45, 7) is 0.188. The fourth-order valence-corrected chi connectivity index (χ4v) is 5.42. The molecule has 212 valence electrons. The minimum absolute atomic E-state index is 0.0354. The van der Waals surface area contributed by atoms with E-state index >= 15 is 0 Å². The normalized spacial score (nSPS) is 18.8. The van der Waals surface area contributed by atoms with E-state index in [1.54, 1.807) is 0 Å². The first-order chi connectivity index (χ1) is 20.1. The number of methoxy groups -OCH3 is 1. The molecule has 0 aliphatic carbocycles. The van der Waals surface area contributed by atoms with Gasteiger partial charge in [-0.2, -0.15) is 0 Å². The lowest BCUT2D eigenvalue weighted by molar-refractivity contribution is -0.121. The van der Waals surface area contributed by atoms with Gasteiger partial charge in [0, 0.05) is 7.11 Å². The molecule has 7 nitrogen and oxygen atoms in total. The first-order valence-electron chi connectivity index (χ1n) is 13.7. The first-order valence-corrected chi connectivity index (χ1v) is 13.7. The lowest BCUT2D eigenvalue weighted by Crippen LogP contribution is -2.47. The molecule has 0 unspecified atom stereocenters. The minimum atomic E-state index is -0.997. The second kappa shape index (κ2) is 13.6. The summed E-state index contributed by atoms with van der Waals surface area (Å²) in [7, 11) is 1.52. The number of amides is 1. The van der Waals surface area contributed by atoms with Gasteiger partial charge >= 0.3 is 6.09 Å². The van der Waals surface area contributed by atoms with Crippen molar-refractivity contribution in [2.24, 2.45) is 0 Å². The SMILES string of the molecule is COCO[C@H]1[C@@H](O)CN(C(=O)OCc2ccccc2)[C@H]1COC(c1ccccc1)(c1ccccc1)c1ccccc1. The van der Waals surface area contributed by atoms with Gasteiger partial charge in [0.25, 0.3) is 0 Å². The van der Waals surface area contributed by atoms with Gasteiger partial charge in [0.2, 0.25) is 0 Å². The van der Waals surface area contributed by atoms with Crippen molar-refractivity contribution in [3.8, 4) is 0 Å². The zero-order chi connectivity index (χ0) is 28.5. The van der Waals surface area contributed by atoms with Crippen LogP contribution in [0.25, 0.3) is 0 Å². The third-order valence-electron chi connectivity index (χ3n) is 7.37. The Balaban J connectivity index is 1.50. The number of β-amino-alcohol motifs (C(OH)–C–C–N with tert-alkyl or cyclic N) is 1. The maximum Gasteiger partial charge on any atom is 0.410 e. The molecule has 1 aliphatic rings. The topological polar surface area (TPSA) is 77.5 Å². The van der Waals surface area contributed by atoms with Crippen molar-refractivity contribution < 1.29 is 28.8 Å². The van der Waals surface area contributed by atoms with Crippen molar-refractivity contribution in [1.82, 2.24) is 4.90 Å². The number of carbonyl (C=O) groups excluding carboxylic acids is 1. The van der Waals surface area contributed by atoms with Crippen LogP contribution in [0.2, 0.25) is 0 Å². The Hall–Kier alpha value is -4.01. The van der Waals surface area contributed by atoms with E-state index in [9.17, 15) is 9.90 Å². The van der Waals surface area contributed by atoms with Gasteiger partial charge < -0.3 is 24.1 Å². The fourth-order valence-electron chi connectivity index (χ4n) is 5.42. The van der Waals surface area contributed by atoms with Gasteiger partial charge in [0.05, 0.1) is 19.2 Å². The summed E-state index contributed by atoms with van der Waals surface area (Å²) in [4.78, 5) is 14.9. The summed E-state index contributed by atoms with van der Waals surface area (Å²) in [5, 5.41) is 11.0. The second-order valence-corrected chi connectivity index (χ2v) is 9.96. The highest BCUT2D eigenvalue weighted by atomic mass is 16.7. The Kier molecular flexibility index (Phi) is 9.44. The molecule has 1 amide bonds. The number of likely N-dealkylation sites (tertiary alicyclic amines) is 1. The number of nitrogens with zero attached hydrogens (tertiary/aromatic N) is 1. The largest absolute Gasteiger partial charge is 0.445 e. The monoisotopic (exact) mass is 553 g/mol. The minimum Gasteiger partial charge on any atom is -0.445 e. The van der Waals surface area contributed by atoms with E-state index in [0.29, 0.717) is 0 Å². The number of hydrogen-bond donors (Lipinski definition) is 1. The van der Waals surface area contributed by atoms with Crippen molar-refractivity contribution in [3.05, 3.63) is 144 Å². The number of rotatable bonds is 11. The molecule has 0 spiro atoms. The van der Waals surface area contributed by atoms with Crippen LogP contribution in [0.15, 0.2) is 121 Å². The van der Waals surface area contributed by atoms with Crippen LogP contribution in [0.5, 0.6) is 0 Å². The van der Waals surface area contributed by atoms with Gasteiger partial charge in [-0.05, 0) is 22.3 Å². The van der Waals surface area contributed by atoms with E-state index in [4.69, 9.17) is 18.9 Å². The van der Waals surface area contributed by atoms with Gasteiger partial charge in [0.1, 0.15) is 31.2 Å². The molecule has 4 aromatic rings. The predicted octanol–water partition coefficient (Wildman–Crippen LogP) is 5.37. The molecule has 0 radical (unpaired) electrons. The Bertz CT molecular complexity index is 1260. The standard InChI is InChI=1S/C34H35NO6/c1-38-25-40-32-30(35(22-31(32)36)33(37)39-23-26-14-6-2-7-15-26)24-41-34(27-16-8-3-9-17-27,28-18-10-4-11-19-28)29-20-12-5-13-21-29/h2-21,30-32,36H,22-25H2,1H3/t30-,31-,32+/m0/s1. The van der Waals surface area contributed by atoms with Gasteiger partial charge in [-0.1, -0.05) is 121 Å². The third kappa shape index (κ3) is 6.34. The van der Waals surface area contributed by atoms with E-state index in [1.165, 1.54) is 12.0 Å². The Morgan fingerprint density at radius 2 is 1.29 bits per heavy atom. The van der Waals surface area contributed by atoms with Crippen LogP contribution in [-0.4, -0.2) is 61.4 Å². The molecule has 4 aromatic carbocycles. The molecule has 1 fully saturated rings. The van der Waals surface area contributed by atoms with Crippen LogP contribution in [0, 0.1) is 0 Å².